The fourth-order valence-electron chi connectivity index (χ4n) is 5.90. The molecule has 0 unspecified atom stereocenters. The lowest BCUT2D eigenvalue weighted by Gasteiger charge is -2.34. The molecule has 1 aromatic carbocycles. The lowest BCUT2D eigenvalue weighted by molar-refractivity contribution is -0.138. The number of aromatic nitrogens is 1. The number of ketones is 1. The molecule has 2 amide bonds. The number of rotatable bonds is 11. The first-order valence-electron chi connectivity index (χ1n) is 14.6. The Morgan fingerprint density at radius 3 is 2.55 bits per heavy atom. The fourth-order valence-corrected chi connectivity index (χ4v) is 6.79. The number of anilines is 1. The van der Waals surface area contributed by atoms with Gasteiger partial charge in [-0.3, -0.25) is 19.3 Å². The van der Waals surface area contributed by atoms with Gasteiger partial charge >= 0.3 is 0 Å². The van der Waals surface area contributed by atoms with Crippen LogP contribution in [0.4, 0.5) is 5.13 Å². The molecule has 12 heteroatoms. The van der Waals surface area contributed by atoms with Crippen molar-refractivity contribution in [1.82, 2.24) is 20.1 Å². The molecule has 0 saturated carbocycles. The minimum absolute atomic E-state index is 0.0292. The normalized spacial score (nSPS) is 23.5. The Balaban J connectivity index is 1.22. The van der Waals surface area contributed by atoms with Crippen LogP contribution in [0.15, 0.2) is 29.6 Å². The SMILES string of the molecule is COCCN1CCN(c2nc(-c3ccc(C(=O)N[C@@H](CC(C)C)C(=O)N4C[C@@H](OC)[C@H]5OCC(=O)[C@H]54)cc3)cs2)CC1. The third kappa shape index (κ3) is 6.68. The Kier molecular flexibility index (Phi) is 9.89. The number of amides is 2. The second-order valence-corrected chi connectivity index (χ2v) is 12.4. The summed E-state index contributed by atoms with van der Waals surface area (Å²) in [4.78, 5) is 50.6. The van der Waals surface area contributed by atoms with E-state index in [0.717, 1.165) is 55.7 Å². The quantitative estimate of drug-likeness (QED) is 0.414. The van der Waals surface area contributed by atoms with Crippen LogP contribution in [0.1, 0.15) is 30.6 Å². The number of thiazole rings is 1. The van der Waals surface area contributed by atoms with Crippen molar-refractivity contribution in [1.29, 1.82) is 0 Å². The van der Waals surface area contributed by atoms with E-state index in [0.29, 0.717) is 12.0 Å². The maximum absolute atomic E-state index is 13.7. The maximum Gasteiger partial charge on any atom is 0.251 e. The van der Waals surface area contributed by atoms with E-state index in [1.54, 1.807) is 37.7 Å². The van der Waals surface area contributed by atoms with E-state index in [4.69, 9.17) is 19.2 Å². The predicted molar refractivity (Wildman–Crippen MR) is 160 cm³/mol. The predicted octanol–water partition coefficient (Wildman–Crippen LogP) is 1.92. The highest BCUT2D eigenvalue weighted by atomic mass is 32.1. The molecule has 2 aromatic rings. The number of likely N-dealkylation sites (tertiary alicyclic amines) is 1. The average Bonchev–Trinajstić information content (AvgIpc) is 3.73. The lowest BCUT2D eigenvalue weighted by Crippen LogP contribution is -2.52. The summed E-state index contributed by atoms with van der Waals surface area (Å²) in [7, 11) is 3.28. The van der Waals surface area contributed by atoms with E-state index in [-0.39, 0.29) is 42.8 Å². The molecule has 1 N–H and O–H groups in total. The van der Waals surface area contributed by atoms with E-state index < -0.39 is 18.2 Å². The topological polar surface area (TPSA) is 114 Å². The molecule has 4 heterocycles. The number of nitrogens with one attached hydrogen (secondary N) is 1. The fraction of sp³-hybridized carbons (Fsp3) is 0.600. The molecule has 3 aliphatic heterocycles. The molecule has 0 bridgehead atoms. The van der Waals surface area contributed by atoms with Crippen molar-refractivity contribution in [3.8, 4) is 11.3 Å². The number of benzene rings is 1. The Bertz CT molecular complexity index is 1250. The molecule has 11 nitrogen and oxygen atoms in total. The van der Waals surface area contributed by atoms with Crippen LogP contribution in [0.3, 0.4) is 0 Å². The third-order valence-corrected chi connectivity index (χ3v) is 9.13. The molecule has 228 valence electrons. The summed E-state index contributed by atoms with van der Waals surface area (Å²) >= 11 is 1.63. The molecule has 0 aliphatic carbocycles. The first-order chi connectivity index (χ1) is 20.3. The van der Waals surface area contributed by atoms with E-state index in [1.807, 2.05) is 31.4 Å². The molecule has 0 radical (unpaired) electrons. The maximum atomic E-state index is 13.7. The van der Waals surface area contributed by atoms with Gasteiger partial charge < -0.3 is 29.3 Å². The van der Waals surface area contributed by atoms with Gasteiger partial charge in [0.05, 0.1) is 18.8 Å². The number of ether oxygens (including phenoxy) is 3. The minimum atomic E-state index is -0.766. The molecular formula is C30H41N5O6S. The summed E-state index contributed by atoms with van der Waals surface area (Å²) in [5.74, 6) is -0.593. The molecule has 4 atom stereocenters. The number of carbonyl (C=O) groups is 3. The zero-order valence-corrected chi connectivity index (χ0v) is 25.6. The van der Waals surface area contributed by atoms with Crippen LogP contribution in [-0.4, -0.2) is 123 Å². The zero-order chi connectivity index (χ0) is 29.8. The number of hydrogen-bond donors (Lipinski definition) is 1. The molecule has 3 aliphatic rings. The standard InChI is InChI=1S/C30H41N5O6S/c1-19(2)15-22(29(38)35-16-25(40-4)27-26(35)24(36)17-41-27)31-28(37)21-7-5-20(6-8-21)23-18-42-30(32-23)34-11-9-33(10-12-34)13-14-39-3/h5-8,18-19,22,25-27H,9-17H2,1-4H3,(H,31,37)/t22-,25+,26+,27+/m0/s1. The second-order valence-electron chi connectivity index (χ2n) is 11.5. The second kappa shape index (κ2) is 13.6. The lowest BCUT2D eigenvalue weighted by atomic mass is 10.0. The average molecular weight is 600 g/mol. The van der Waals surface area contributed by atoms with Crippen LogP contribution in [0.5, 0.6) is 0 Å². The minimum Gasteiger partial charge on any atom is -0.383 e. The molecular weight excluding hydrogens is 558 g/mol. The molecule has 3 saturated heterocycles. The van der Waals surface area contributed by atoms with Crippen LogP contribution in [0.2, 0.25) is 0 Å². The summed E-state index contributed by atoms with van der Waals surface area (Å²) < 4.78 is 16.3. The van der Waals surface area contributed by atoms with E-state index >= 15 is 0 Å². The van der Waals surface area contributed by atoms with Gasteiger partial charge in [-0.15, -0.1) is 11.3 Å². The van der Waals surface area contributed by atoms with Crippen LogP contribution in [-0.2, 0) is 23.8 Å². The molecule has 42 heavy (non-hydrogen) atoms. The molecule has 1 aromatic heterocycles. The number of fused-ring (bicyclic) bond motifs is 1. The molecule has 0 spiro atoms. The highest BCUT2D eigenvalue weighted by molar-refractivity contribution is 7.14. The van der Waals surface area contributed by atoms with E-state index in [1.165, 1.54) is 4.90 Å². The van der Waals surface area contributed by atoms with Gasteiger partial charge in [-0.1, -0.05) is 26.0 Å². The summed E-state index contributed by atoms with van der Waals surface area (Å²) in [6.45, 7) is 9.75. The van der Waals surface area contributed by atoms with E-state index in [2.05, 4.69) is 15.1 Å². The van der Waals surface area contributed by atoms with Crippen molar-refractivity contribution in [2.24, 2.45) is 5.92 Å². The monoisotopic (exact) mass is 599 g/mol. The number of carbonyl (C=O) groups excluding carboxylic acids is 3. The van der Waals surface area contributed by atoms with Crippen molar-refractivity contribution in [3.63, 3.8) is 0 Å². The van der Waals surface area contributed by atoms with Crippen LogP contribution >= 0.6 is 11.3 Å². The van der Waals surface area contributed by atoms with Gasteiger partial charge in [0, 0.05) is 63.5 Å². The van der Waals surface area contributed by atoms with E-state index in [9.17, 15) is 14.4 Å². The number of methoxy groups -OCH3 is 2. The molecule has 3 fully saturated rings. The first-order valence-corrected chi connectivity index (χ1v) is 15.5. The Labute approximate surface area is 251 Å². The number of piperazine rings is 1. The Hall–Kier alpha value is -2.90. The summed E-state index contributed by atoms with van der Waals surface area (Å²) in [6, 6.07) is 5.86. The number of nitrogens with zero attached hydrogens (tertiary/aromatic N) is 4. The van der Waals surface area contributed by atoms with Crippen molar-refractivity contribution < 1.29 is 28.6 Å². The zero-order valence-electron chi connectivity index (χ0n) is 24.8. The van der Waals surface area contributed by atoms with Gasteiger partial charge in [0.15, 0.2) is 10.9 Å². The first kappa shape index (κ1) is 30.6. The Morgan fingerprint density at radius 2 is 1.88 bits per heavy atom. The summed E-state index contributed by atoms with van der Waals surface area (Å²) in [5, 5.41) is 5.98. The van der Waals surface area contributed by atoms with Gasteiger partial charge in [-0.2, -0.15) is 0 Å². The summed E-state index contributed by atoms with van der Waals surface area (Å²) in [5.41, 5.74) is 2.25. The number of Topliss-reactive ketones (excluding diaryl/α,β-unsaturated/α-hetero) is 1. The smallest absolute Gasteiger partial charge is 0.251 e. The van der Waals surface area contributed by atoms with Gasteiger partial charge in [-0.25, -0.2) is 4.98 Å². The van der Waals surface area contributed by atoms with Crippen molar-refractivity contribution >= 4 is 34.1 Å². The van der Waals surface area contributed by atoms with Crippen LogP contribution < -0.4 is 10.2 Å². The highest BCUT2D eigenvalue weighted by Gasteiger charge is 2.53. The molecule has 5 rings (SSSR count). The van der Waals surface area contributed by atoms with Crippen molar-refractivity contribution in [2.75, 3.05) is 71.6 Å². The van der Waals surface area contributed by atoms with Crippen LogP contribution in [0.25, 0.3) is 11.3 Å². The van der Waals surface area contributed by atoms with Crippen molar-refractivity contribution in [3.05, 3.63) is 35.2 Å². The highest BCUT2D eigenvalue weighted by Crippen LogP contribution is 2.31. The Morgan fingerprint density at radius 1 is 1.14 bits per heavy atom. The van der Waals surface area contributed by atoms with Gasteiger partial charge in [0.1, 0.15) is 30.9 Å². The third-order valence-electron chi connectivity index (χ3n) is 8.22. The van der Waals surface area contributed by atoms with Crippen LogP contribution in [0, 0.1) is 5.92 Å². The van der Waals surface area contributed by atoms with Crippen molar-refractivity contribution in [2.45, 2.75) is 44.6 Å². The number of hydrogen-bond acceptors (Lipinski definition) is 10. The van der Waals surface area contributed by atoms with Gasteiger partial charge in [-0.05, 0) is 24.5 Å². The largest absolute Gasteiger partial charge is 0.383 e. The van der Waals surface area contributed by atoms with Gasteiger partial charge in [0.2, 0.25) is 5.91 Å². The summed E-state index contributed by atoms with van der Waals surface area (Å²) in [6.07, 6.45) is -0.387. The van der Waals surface area contributed by atoms with Gasteiger partial charge in [0.25, 0.3) is 5.91 Å².